The van der Waals surface area contributed by atoms with Crippen LogP contribution in [0.4, 0.5) is 0 Å². The zero-order valence-electron chi connectivity index (χ0n) is 9.91. The van der Waals surface area contributed by atoms with Crippen LogP contribution in [-0.2, 0) is 0 Å². The molecule has 0 fully saturated rings. The van der Waals surface area contributed by atoms with Crippen molar-refractivity contribution in [3.8, 4) is 17.2 Å². The molecule has 0 aliphatic rings. The Morgan fingerprint density at radius 1 is 0.941 bits per heavy atom. The molecule has 0 N–H and O–H groups in total. The quantitative estimate of drug-likeness (QED) is 0.866. The van der Waals surface area contributed by atoms with E-state index in [1.165, 1.54) is 0 Å². The van der Waals surface area contributed by atoms with Gasteiger partial charge in [0.1, 0.15) is 17.2 Å². The van der Waals surface area contributed by atoms with Gasteiger partial charge in [0.15, 0.2) is 0 Å². The number of hydrogen-bond donors (Lipinski definition) is 0. The van der Waals surface area contributed by atoms with Gasteiger partial charge in [0.2, 0.25) is 0 Å². The molecule has 3 nitrogen and oxygen atoms in total. The Kier molecular flexibility index (Phi) is 3.43. The monoisotopic (exact) mass is 296 g/mol. The highest BCUT2D eigenvalue weighted by molar-refractivity contribution is 9.10. The third-order valence-electron chi connectivity index (χ3n) is 2.64. The summed E-state index contributed by atoms with van der Waals surface area (Å²) in [5, 5.41) is 1.87. The van der Waals surface area contributed by atoms with Gasteiger partial charge in [-0.3, -0.25) is 0 Å². The number of fused-ring (bicyclic) bond motifs is 1. The lowest BCUT2D eigenvalue weighted by molar-refractivity contribution is 0.399. The second-order valence-corrected chi connectivity index (χ2v) is 4.33. The van der Waals surface area contributed by atoms with Crippen molar-refractivity contribution in [2.24, 2.45) is 0 Å². The Balaban J connectivity index is 2.91. The van der Waals surface area contributed by atoms with Crippen molar-refractivity contribution < 1.29 is 14.2 Å². The Morgan fingerprint density at radius 2 is 1.65 bits per heavy atom. The third-order valence-corrected chi connectivity index (χ3v) is 3.22. The smallest absolute Gasteiger partial charge is 0.141 e. The number of hydrogen-bond acceptors (Lipinski definition) is 3. The summed E-state index contributed by atoms with van der Waals surface area (Å²) in [4.78, 5) is 0. The van der Waals surface area contributed by atoms with E-state index in [1.807, 2.05) is 24.3 Å². The van der Waals surface area contributed by atoms with Crippen LogP contribution in [0, 0.1) is 0 Å². The SMILES string of the molecule is COc1c(Br)cc(OC)c2c(OC)cccc12. The van der Waals surface area contributed by atoms with Gasteiger partial charge in [-0.2, -0.15) is 0 Å². The molecule has 4 heteroatoms. The molecule has 0 radical (unpaired) electrons. The summed E-state index contributed by atoms with van der Waals surface area (Å²) in [5.41, 5.74) is 0. The van der Waals surface area contributed by atoms with Gasteiger partial charge < -0.3 is 14.2 Å². The molecule has 0 unspecified atom stereocenters. The Hall–Kier alpha value is -1.42. The largest absolute Gasteiger partial charge is 0.496 e. The second kappa shape index (κ2) is 4.84. The standard InChI is InChI=1S/C13H13BrO3/c1-15-10-6-4-5-8-12(10)11(16-2)7-9(14)13(8)17-3/h4-7H,1-3H3. The highest BCUT2D eigenvalue weighted by Gasteiger charge is 2.15. The van der Waals surface area contributed by atoms with Crippen molar-refractivity contribution in [2.75, 3.05) is 21.3 Å². The van der Waals surface area contributed by atoms with Crippen molar-refractivity contribution in [1.29, 1.82) is 0 Å². The van der Waals surface area contributed by atoms with Crippen molar-refractivity contribution in [2.45, 2.75) is 0 Å². The number of ether oxygens (including phenoxy) is 3. The van der Waals surface area contributed by atoms with Crippen LogP contribution in [-0.4, -0.2) is 21.3 Å². The van der Waals surface area contributed by atoms with E-state index in [0.29, 0.717) is 0 Å². The van der Waals surface area contributed by atoms with E-state index < -0.39 is 0 Å². The molecule has 0 saturated carbocycles. The predicted molar refractivity (Wildman–Crippen MR) is 71.3 cm³/mol. The highest BCUT2D eigenvalue weighted by atomic mass is 79.9. The van der Waals surface area contributed by atoms with E-state index in [0.717, 1.165) is 32.5 Å². The number of methoxy groups -OCH3 is 3. The molecule has 0 amide bonds. The van der Waals surface area contributed by atoms with Gasteiger partial charge in [-0.1, -0.05) is 12.1 Å². The van der Waals surface area contributed by atoms with E-state index >= 15 is 0 Å². The minimum absolute atomic E-state index is 0.755. The van der Waals surface area contributed by atoms with Crippen LogP contribution in [0.1, 0.15) is 0 Å². The third kappa shape index (κ3) is 1.93. The van der Waals surface area contributed by atoms with Gasteiger partial charge in [0, 0.05) is 5.39 Å². The molecule has 2 rings (SSSR count). The van der Waals surface area contributed by atoms with Crippen molar-refractivity contribution in [3.05, 3.63) is 28.7 Å². The molecule has 0 aliphatic carbocycles. The summed E-state index contributed by atoms with van der Waals surface area (Å²) < 4.78 is 17.0. The van der Waals surface area contributed by atoms with Crippen molar-refractivity contribution >= 4 is 26.7 Å². The lowest BCUT2D eigenvalue weighted by Gasteiger charge is -2.14. The van der Waals surface area contributed by atoms with E-state index in [2.05, 4.69) is 15.9 Å². The van der Waals surface area contributed by atoms with Crippen LogP contribution in [0.3, 0.4) is 0 Å². The first-order chi connectivity index (χ1) is 8.22. The first-order valence-corrected chi connectivity index (χ1v) is 5.89. The van der Waals surface area contributed by atoms with Gasteiger partial charge in [0.05, 0.1) is 31.2 Å². The maximum atomic E-state index is 5.40. The van der Waals surface area contributed by atoms with Crippen LogP contribution in [0.15, 0.2) is 28.7 Å². The summed E-state index contributed by atoms with van der Waals surface area (Å²) >= 11 is 3.47. The van der Waals surface area contributed by atoms with E-state index in [1.54, 1.807) is 21.3 Å². The zero-order valence-corrected chi connectivity index (χ0v) is 11.5. The number of benzene rings is 2. The molecule has 17 heavy (non-hydrogen) atoms. The van der Waals surface area contributed by atoms with Gasteiger partial charge in [0.25, 0.3) is 0 Å². The minimum Gasteiger partial charge on any atom is -0.496 e. The van der Waals surface area contributed by atoms with Crippen LogP contribution < -0.4 is 14.2 Å². The fourth-order valence-corrected chi connectivity index (χ4v) is 2.48. The van der Waals surface area contributed by atoms with Crippen LogP contribution in [0.25, 0.3) is 10.8 Å². The van der Waals surface area contributed by atoms with Crippen molar-refractivity contribution in [3.63, 3.8) is 0 Å². The molecule has 0 atom stereocenters. The molecule has 90 valence electrons. The fourth-order valence-electron chi connectivity index (χ4n) is 1.89. The van der Waals surface area contributed by atoms with Gasteiger partial charge in [-0.15, -0.1) is 0 Å². The normalized spacial score (nSPS) is 10.4. The van der Waals surface area contributed by atoms with Crippen LogP contribution in [0.2, 0.25) is 0 Å². The Morgan fingerprint density at radius 3 is 2.24 bits per heavy atom. The maximum absolute atomic E-state index is 5.40. The van der Waals surface area contributed by atoms with Gasteiger partial charge >= 0.3 is 0 Å². The first kappa shape index (κ1) is 12.0. The van der Waals surface area contributed by atoms with Crippen LogP contribution in [0.5, 0.6) is 17.2 Å². The summed E-state index contributed by atoms with van der Waals surface area (Å²) in [6.07, 6.45) is 0. The topological polar surface area (TPSA) is 27.7 Å². The molecule has 0 saturated heterocycles. The van der Waals surface area contributed by atoms with Gasteiger partial charge in [-0.05, 0) is 28.1 Å². The highest BCUT2D eigenvalue weighted by Crippen LogP contribution is 2.43. The van der Waals surface area contributed by atoms with Crippen molar-refractivity contribution in [1.82, 2.24) is 0 Å². The minimum atomic E-state index is 0.755. The van der Waals surface area contributed by atoms with E-state index in [9.17, 15) is 0 Å². The summed E-state index contributed by atoms with van der Waals surface area (Å²) in [7, 11) is 4.92. The predicted octanol–water partition coefficient (Wildman–Crippen LogP) is 3.63. The summed E-state index contributed by atoms with van der Waals surface area (Å²) in [6.45, 7) is 0. The molecule has 0 aromatic heterocycles. The summed E-state index contributed by atoms with van der Waals surface area (Å²) in [5.74, 6) is 2.30. The molecular formula is C13H13BrO3. The lowest BCUT2D eigenvalue weighted by atomic mass is 10.1. The molecule has 2 aromatic carbocycles. The zero-order chi connectivity index (χ0) is 12.4. The summed E-state index contributed by atoms with van der Waals surface area (Å²) in [6, 6.07) is 7.68. The van der Waals surface area contributed by atoms with Gasteiger partial charge in [-0.25, -0.2) is 0 Å². The average molecular weight is 297 g/mol. The lowest BCUT2D eigenvalue weighted by Crippen LogP contribution is -1.93. The Labute approximate surface area is 108 Å². The maximum Gasteiger partial charge on any atom is 0.141 e. The molecule has 2 aromatic rings. The Bertz CT molecular complexity index is 552. The van der Waals surface area contributed by atoms with E-state index in [4.69, 9.17) is 14.2 Å². The molecular weight excluding hydrogens is 284 g/mol. The molecule has 0 spiro atoms. The first-order valence-electron chi connectivity index (χ1n) is 5.10. The van der Waals surface area contributed by atoms with E-state index in [-0.39, 0.29) is 0 Å². The fraction of sp³-hybridized carbons (Fsp3) is 0.231. The molecule has 0 heterocycles. The second-order valence-electron chi connectivity index (χ2n) is 3.48. The average Bonchev–Trinajstić information content (AvgIpc) is 2.36. The number of halogens is 1. The molecule has 0 aliphatic heterocycles. The molecule has 0 bridgehead atoms. The number of rotatable bonds is 3. The van der Waals surface area contributed by atoms with Crippen LogP contribution >= 0.6 is 15.9 Å².